The molecular formula is C9H13N3O2. The van der Waals surface area contributed by atoms with E-state index in [1.54, 1.807) is 19.2 Å². The maximum absolute atomic E-state index is 11.1. The predicted molar refractivity (Wildman–Crippen MR) is 50.2 cm³/mol. The third-order valence-corrected chi connectivity index (χ3v) is 1.68. The highest BCUT2D eigenvalue weighted by atomic mass is 16.5. The SMILES string of the molecule is CCOC(=O)CC(N)c1ccncn1. The highest BCUT2D eigenvalue weighted by Crippen LogP contribution is 2.10. The Morgan fingerprint density at radius 1 is 1.71 bits per heavy atom. The van der Waals surface area contributed by atoms with Crippen LogP contribution in [0.15, 0.2) is 18.6 Å². The minimum atomic E-state index is -0.419. The second-order valence-corrected chi connectivity index (χ2v) is 2.75. The van der Waals surface area contributed by atoms with Crippen molar-refractivity contribution in [1.29, 1.82) is 0 Å². The number of carbonyl (C=O) groups is 1. The van der Waals surface area contributed by atoms with E-state index < -0.39 is 6.04 Å². The minimum Gasteiger partial charge on any atom is -0.466 e. The van der Waals surface area contributed by atoms with Gasteiger partial charge in [0.05, 0.1) is 24.8 Å². The van der Waals surface area contributed by atoms with Gasteiger partial charge in [0, 0.05) is 6.20 Å². The summed E-state index contributed by atoms with van der Waals surface area (Å²) in [5.74, 6) is -0.307. The molecule has 76 valence electrons. The summed E-state index contributed by atoms with van der Waals surface area (Å²) in [6.45, 7) is 2.13. The molecule has 1 atom stereocenters. The van der Waals surface area contributed by atoms with Crippen LogP contribution >= 0.6 is 0 Å². The molecular weight excluding hydrogens is 182 g/mol. The van der Waals surface area contributed by atoms with Crippen LogP contribution in [0, 0.1) is 0 Å². The monoisotopic (exact) mass is 195 g/mol. The molecule has 2 N–H and O–H groups in total. The standard InChI is InChI=1S/C9H13N3O2/c1-2-14-9(13)5-7(10)8-3-4-11-6-12-8/h3-4,6-7H,2,5,10H2,1H3. The fraction of sp³-hybridized carbons (Fsp3) is 0.444. The lowest BCUT2D eigenvalue weighted by Crippen LogP contribution is -2.18. The van der Waals surface area contributed by atoms with Crippen molar-refractivity contribution in [3.8, 4) is 0 Å². The first kappa shape index (κ1) is 10.6. The lowest BCUT2D eigenvalue weighted by Gasteiger charge is -2.09. The molecule has 5 nitrogen and oxygen atoms in total. The molecule has 1 aromatic rings. The minimum absolute atomic E-state index is 0.144. The number of hydrogen-bond donors (Lipinski definition) is 1. The van der Waals surface area contributed by atoms with Gasteiger partial charge in [-0.05, 0) is 13.0 Å². The van der Waals surface area contributed by atoms with Gasteiger partial charge in [-0.1, -0.05) is 0 Å². The molecule has 1 heterocycles. The summed E-state index contributed by atoms with van der Waals surface area (Å²) in [5, 5.41) is 0. The van der Waals surface area contributed by atoms with E-state index in [2.05, 4.69) is 9.97 Å². The van der Waals surface area contributed by atoms with Crippen LogP contribution in [0.4, 0.5) is 0 Å². The highest BCUT2D eigenvalue weighted by molar-refractivity contribution is 5.70. The Morgan fingerprint density at radius 2 is 2.50 bits per heavy atom. The van der Waals surface area contributed by atoms with E-state index in [-0.39, 0.29) is 12.4 Å². The molecule has 0 aliphatic heterocycles. The molecule has 1 rings (SSSR count). The molecule has 0 fully saturated rings. The highest BCUT2D eigenvalue weighted by Gasteiger charge is 2.12. The normalized spacial score (nSPS) is 12.1. The molecule has 1 unspecified atom stereocenters. The molecule has 1 aromatic heterocycles. The smallest absolute Gasteiger partial charge is 0.307 e. The van der Waals surface area contributed by atoms with Gasteiger partial charge in [0.2, 0.25) is 0 Å². The van der Waals surface area contributed by atoms with E-state index >= 15 is 0 Å². The van der Waals surface area contributed by atoms with Crippen molar-refractivity contribution in [1.82, 2.24) is 9.97 Å². The van der Waals surface area contributed by atoms with Crippen LogP contribution in [0.3, 0.4) is 0 Å². The molecule has 0 bridgehead atoms. The van der Waals surface area contributed by atoms with Gasteiger partial charge in [-0.15, -0.1) is 0 Å². The van der Waals surface area contributed by atoms with Gasteiger partial charge >= 0.3 is 5.97 Å². The summed E-state index contributed by atoms with van der Waals surface area (Å²) >= 11 is 0. The molecule has 0 aliphatic rings. The van der Waals surface area contributed by atoms with Gasteiger partial charge in [-0.2, -0.15) is 0 Å². The van der Waals surface area contributed by atoms with Crippen molar-refractivity contribution in [3.63, 3.8) is 0 Å². The number of ether oxygens (including phenoxy) is 1. The summed E-state index contributed by atoms with van der Waals surface area (Å²) in [7, 11) is 0. The number of carbonyl (C=O) groups excluding carboxylic acids is 1. The fourth-order valence-electron chi connectivity index (χ4n) is 1.02. The molecule has 0 radical (unpaired) electrons. The molecule has 14 heavy (non-hydrogen) atoms. The van der Waals surface area contributed by atoms with E-state index in [0.29, 0.717) is 12.3 Å². The average Bonchev–Trinajstić information content (AvgIpc) is 2.19. The van der Waals surface area contributed by atoms with Crippen LogP contribution in [0.1, 0.15) is 25.1 Å². The Kier molecular flexibility index (Phi) is 4.00. The summed E-state index contributed by atoms with van der Waals surface area (Å²) < 4.78 is 4.77. The van der Waals surface area contributed by atoms with Gasteiger partial charge in [0.25, 0.3) is 0 Å². The van der Waals surface area contributed by atoms with Crippen LogP contribution in [0.25, 0.3) is 0 Å². The number of nitrogens with zero attached hydrogens (tertiary/aromatic N) is 2. The van der Waals surface area contributed by atoms with E-state index in [1.807, 2.05) is 0 Å². The summed E-state index contributed by atoms with van der Waals surface area (Å²) in [4.78, 5) is 18.8. The maximum atomic E-state index is 11.1. The third-order valence-electron chi connectivity index (χ3n) is 1.68. The van der Waals surface area contributed by atoms with Crippen LogP contribution in [0.2, 0.25) is 0 Å². The molecule has 5 heteroatoms. The van der Waals surface area contributed by atoms with E-state index in [4.69, 9.17) is 10.5 Å². The average molecular weight is 195 g/mol. The van der Waals surface area contributed by atoms with Crippen LogP contribution in [0.5, 0.6) is 0 Å². The van der Waals surface area contributed by atoms with E-state index in [0.717, 1.165) is 0 Å². The number of rotatable bonds is 4. The summed E-state index contributed by atoms with van der Waals surface area (Å²) in [6, 6.07) is 1.27. The lowest BCUT2D eigenvalue weighted by atomic mass is 10.1. The Bertz CT molecular complexity index is 289. The zero-order valence-corrected chi connectivity index (χ0v) is 8.01. The number of esters is 1. The lowest BCUT2D eigenvalue weighted by molar-refractivity contribution is -0.143. The topological polar surface area (TPSA) is 78.1 Å². The Hall–Kier alpha value is -1.49. The first-order valence-corrected chi connectivity index (χ1v) is 4.41. The molecule has 0 saturated heterocycles. The van der Waals surface area contributed by atoms with Crippen LogP contribution in [-0.4, -0.2) is 22.5 Å². The second kappa shape index (κ2) is 5.29. The Balaban J connectivity index is 2.50. The number of aromatic nitrogens is 2. The van der Waals surface area contributed by atoms with E-state index in [1.165, 1.54) is 6.33 Å². The summed E-state index contributed by atoms with van der Waals surface area (Å²) in [5.41, 5.74) is 6.38. The van der Waals surface area contributed by atoms with Crippen LogP contribution in [-0.2, 0) is 9.53 Å². The zero-order chi connectivity index (χ0) is 10.4. The number of hydrogen-bond acceptors (Lipinski definition) is 5. The van der Waals surface area contributed by atoms with Crippen LogP contribution < -0.4 is 5.73 Å². The molecule has 0 amide bonds. The van der Waals surface area contributed by atoms with Crippen molar-refractivity contribution in [2.24, 2.45) is 5.73 Å². The largest absolute Gasteiger partial charge is 0.466 e. The maximum Gasteiger partial charge on any atom is 0.307 e. The second-order valence-electron chi connectivity index (χ2n) is 2.75. The first-order valence-electron chi connectivity index (χ1n) is 4.41. The molecule has 0 saturated carbocycles. The Labute approximate surface area is 82.3 Å². The van der Waals surface area contributed by atoms with Crippen molar-refractivity contribution in [2.75, 3.05) is 6.61 Å². The zero-order valence-electron chi connectivity index (χ0n) is 8.01. The molecule has 0 aromatic carbocycles. The first-order chi connectivity index (χ1) is 6.74. The quantitative estimate of drug-likeness (QED) is 0.705. The van der Waals surface area contributed by atoms with Gasteiger partial charge in [0.1, 0.15) is 6.33 Å². The van der Waals surface area contributed by atoms with Crippen molar-refractivity contribution < 1.29 is 9.53 Å². The Morgan fingerprint density at radius 3 is 3.07 bits per heavy atom. The van der Waals surface area contributed by atoms with E-state index in [9.17, 15) is 4.79 Å². The molecule has 0 spiro atoms. The van der Waals surface area contributed by atoms with Gasteiger partial charge in [0.15, 0.2) is 0 Å². The van der Waals surface area contributed by atoms with Crippen molar-refractivity contribution in [2.45, 2.75) is 19.4 Å². The van der Waals surface area contributed by atoms with Crippen molar-refractivity contribution >= 4 is 5.97 Å². The molecule has 0 aliphatic carbocycles. The summed E-state index contributed by atoms with van der Waals surface area (Å²) in [6.07, 6.45) is 3.14. The third kappa shape index (κ3) is 3.10. The number of nitrogens with two attached hydrogens (primary N) is 1. The predicted octanol–water partition coefficient (Wildman–Crippen LogP) is 0.430. The van der Waals surface area contributed by atoms with Crippen molar-refractivity contribution in [3.05, 3.63) is 24.3 Å². The van der Waals surface area contributed by atoms with Gasteiger partial charge < -0.3 is 10.5 Å². The van der Waals surface area contributed by atoms with Gasteiger partial charge in [-0.25, -0.2) is 9.97 Å². The fourth-order valence-corrected chi connectivity index (χ4v) is 1.02. The van der Waals surface area contributed by atoms with Gasteiger partial charge in [-0.3, -0.25) is 4.79 Å².